The first kappa shape index (κ1) is 38.7. The normalized spacial score (nSPS) is 32.3. The lowest BCUT2D eigenvalue weighted by Crippen LogP contribution is -2.65. The molecular weight excluding hydrogens is 749 g/mol. The Hall–Kier alpha value is -2.05. The zero-order valence-corrected chi connectivity index (χ0v) is 30.3. The maximum Gasteiger partial charge on any atom is 0.221 e. The van der Waals surface area contributed by atoms with E-state index in [0.717, 1.165) is 11.1 Å². The molecule has 0 bridgehead atoms. The van der Waals surface area contributed by atoms with E-state index in [4.69, 9.17) is 63.2 Å². The standard InChI is InChI=1S/C35H38Cl3NO11S/c1-17(40)39-24-11-18(7-10-22(24)37)13-45-34-29(43)27(41)32(26(48-34)16-51-15-20-8-9-21(36)12-23(20)38)50-35-30(44)28(42)31-25(47-35)14-46-33(49-31)19-5-3-2-4-6-19/h2-12,25-35,41-44H,13-16H2,1H3,(H,39,40)/t25-,26-,27-,28-,29-,30-,31-,32-,33?,34-,35-/m1/s1. The maximum absolute atomic E-state index is 11.6. The van der Waals surface area contributed by atoms with Crippen LogP contribution in [-0.4, -0.2) is 100 Å². The summed E-state index contributed by atoms with van der Waals surface area (Å²) >= 11 is 20.1. The fraction of sp³-hybridized carbons (Fsp3) is 0.457. The molecule has 3 aliphatic rings. The number of benzene rings is 3. The van der Waals surface area contributed by atoms with Gasteiger partial charge in [0.25, 0.3) is 0 Å². The van der Waals surface area contributed by atoms with E-state index in [1.54, 1.807) is 36.4 Å². The van der Waals surface area contributed by atoms with Crippen molar-refractivity contribution in [1.82, 2.24) is 0 Å². The minimum absolute atomic E-state index is 0.0333. The summed E-state index contributed by atoms with van der Waals surface area (Å²) in [6.45, 7) is 1.33. The molecule has 11 atom stereocenters. The molecule has 3 aromatic rings. The second-order valence-electron chi connectivity index (χ2n) is 12.4. The number of nitrogens with one attached hydrogen (secondary N) is 1. The van der Waals surface area contributed by atoms with Crippen LogP contribution in [-0.2, 0) is 45.6 Å². The molecule has 0 aromatic heterocycles. The first-order valence-corrected chi connectivity index (χ1v) is 18.5. The molecule has 12 nitrogen and oxygen atoms in total. The van der Waals surface area contributed by atoms with Gasteiger partial charge in [-0.3, -0.25) is 4.79 Å². The second-order valence-corrected chi connectivity index (χ2v) is 14.7. The Balaban J connectivity index is 1.15. The lowest BCUT2D eigenvalue weighted by molar-refractivity contribution is -0.384. The van der Waals surface area contributed by atoms with Crippen molar-refractivity contribution in [3.63, 3.8) is 0 Å². The van der Waals surface area contributed by atoms with Crippen molar-refractivity contribution >= 4 is 58.2 Å². The average molecular weight is 787 g/mol. The van der Waals surface area contributed by atoms with Gasteiger partial charge in [-0.15, -0.1) is 0 Å². The van der Waals surface area contributed by atoms with Crippen molar-refractivity contribution in [2.24, 2.45) is 0 Å². The highest BCUT2D eigenvalue weighted by Gasteiger charge is 2.53. The summed E-state index contributed by atoms with van der Waals surface area (Å²) < 4.78 is 36.2. The third-order valence-corrected chi connectivity index (χ3v) is 10.6. The van der Waals surface area contributed by atoms with E-state index in [0.29, 0.717) is 32.1 Å². The molecule has 0 radical (unpaired) electrons. The van der Waals surface area contributed by atoms with Crippen LogP contribution in [0.5, 0.6) is 0 Å². The van der Waals surface area contributed by atoms with E-state index in [1.807, 2.05) is 30.3 Å². The second kappa shape index (κ2) is 17.4. The predicted octanol–water partition coefficient (Wildman–Crippen LogP) is 4.45. The fourth-order valence-electron chi connectivity index (χ4n) is 6.02. The maximum atomic E-state index is 11.6. The molecule has 3 saturated heterocycles. The van der Waals surface area contributed by atoms with Crippen molar-refractivity contribution in [3.05, 3.63) is 98.5 Å². The molecule has 3 heterocycles. The molecule has 0 spiro atoms. The number of carbonyl (C=O) groups is 1. The summed E-state index contributed by atoms with van der Waals surface area (Å²) in [6.07, 6.45) is -13.5. The molecule has 0 saturated carbocycles. The Morgan fingerprint density at radius 3 is 2.39 bits per heavy atom. The zero-order valence-electron chi connectivity index (χ0n) is 27.2. The summed E-state index contributed by atoms with van der Waals surface area (Å²) in [5.74, 6) is 0.375. The van der Waals surface area contributed by atoms with Crippen molar-refractivity contribution in [3.8, 4) is 0 Å². The summed E-state index contributed by atoms with van der Waals surface area (Å²) in [7, 11) is 0. The third kappa shape index (κ3) is 9.37. The minimum Gasteiger partial charge on any atom is -0.387 e. The van der Waals surface area contributed by atoms with E-state index in [-0.39, 0.29) is 24.9 Å². The summed E-state index contributed by atoms with van der Waals surface area (Å²) in [6, 6.07) is 19.3. The van der Waals surface area contributed by atoms with Crippen molar-refractivity contribution in [2.75, 3.05) is 17.7 Å². The monoisotopic (exact) mass is 785 g/mol. The lowest BCUT2D eigenvalue weighted by Gasteiger charge is -2.49. The molecule has 276 valence electrons. The van der Waals surface area contributed by atoms with Crippen LogP contribution < -0.4 is 5.32 Å². The molecule has 1 amide bonds. The van der Waals surface area contributed by atoms with Crippen LogP contribution in [0.25, 0.3) is 0 Å². The van der Waals surface area contributed by atoms with Gasteiger partial charge >= 0.3 is 0 Å². The molecule has 3 fully saturated rings. The molecular formula is C35H38Cl3NO11S. The summed E-state index contributed by atoms with van der Waals surface area (Å²) in [5, 5.41) is 48.8. The molecule has 0 aliphatic carbocycles. The van der Waals surface area contributed by atoms with Gasteiger partial charge in [-0.25, -0.2) is 0 Å². The molecule has 1 unspecified atom stereocenters. The smallest absolute Gasteiger partial charge is 0.221 e. The van der Waals surface area contributed by atoms with Crippen LogP contribution in [0.15, 0.2) is 66.7 Å². The number of aliphatic hydroxyl groups is 4. The highest BCUT2D eigenvalue weighted by molar-refractivity contribution is 7.98. The zero-order chi connectivity index (χ0) is 36.2. The Bertz CT molecular complexity index is 1640. The molecule has 6 rings (SSSR count). The van der Waals surface area contributed by atoms with Gasteiger partial charge in [-0.05, 0) is 35.4 Å². The Morgan fingerprint density at radius 1 is 0.882 bits per heavy atom. The number of thioether (sulfide) groups is 1. The van der Waals surface area contributed by atoms with Gasteiger partial charge in [0.15, 0.2) is 18.9 Å². The van der Waals surface area contributed by atoms with Gasteiger partial charge in [0.05, 0.1) is 30.0 Å². The fourth-order valence-corrected chi connectivity index (χ4v) is 7.83. The number of ether oxygens (including phenoxy) is 6. The predicted molar refractivity (Wildman–Crippen MR) is 189 cm³/mol. The average Bonchev–Trinajstić information content (AvgIpc) is 3.11. The largest absolute Gasteiger partial charge is 0.387 e. The molecule has 3 aliphatic heterocycles. The van der Waals surface area contributed by atoms with E-state index >= 15 is 0 Å². The van der Waals surface area contributed by atoms with E-state index in [9.17, 15) is 25.2 Å². The number of rotatable bonds is 11. The number of hydrogen-bond donors (Lipinski definition) is 5. The number of amides is 1. The first-order chi connectivity index (χ1) is 24.5. The Morgan fingerprint density at radius 2 is 1.65 bits per heavy atom. The Labute approximate surface area is 313 Å². The van der Waals surface area contributed by atoms with E-state index < -0.39 is 67.7 Å². The number of carbonyl (C=O) groups excluding carboxylic acids is 1. The topological polar surface area (TPSA) is 165 Å². The van der Waals surface area contributed by atoms with Crippen molar-refractivity contribution < 1.29 is 53.6 Å². The molecule has 51 heavy (non-hydrogen) atoms. The van der Waals surface area contributed by atoms with Crippen LogP contribution in [0.4, 0.5) is 5.69 Å². The van der Waals surface area contributed by atoms with Gasteiger partial charge in [0.2, 0.25) is 5.91 Å². The van der Waals surface area contributed by atoms with E-state index in [2.05, 4.69) is 5.32 Å². The van der Waals surface area contributed by atoms with Crippen molar-refractivity contribution in [1.29, 1.82) is 0 Å². The van der Waals surface area contributed by atoms with Gasteiger partial charge in [-0.1, -0.05) is 77.3 Å². The lowest BCUT2D eigenvalue weighted by atomic mass is 9.96. The quantitative estimate of drug-likeness (QED) is 0.186. The first-order valence-electron chi connectivity index (χ1n) is 16.2. The number of hydrogen-bond acceptors (Lipinski definition) is 12. The Kier molecular flexibility index (Phi) is 13.2. The number of aliphatic hydroxyl groups excluding tert-OH is 4. The van der Waals surface area contributed by atoms with Crippen LogP contribution in [0, 0.1) is 0 Å². The third-order valence-electron chi connectivity index (χ3n) is 8.65. The number of fused-ring (bicyclic) bond motifs is 1. The molecule has 3 aromatic carbocycles. The van der Waals surface area contributed by atoms with E-state index in [1.165, 1.54) is 18.7 Å². The van der Waals surface area contributed by atoms with Crippen LogP contribution >= 0.6 is 46.6 Å². The summed E-state index contributed by atoms with van der Waals surface area (Å²) in [5.41, 5.74) is 2.56. The molecule has 5 N–H and O–H groups in total. The summed E-state index contributed by atoms with van der Waals surface area (Å²) in [4.78, 5) is 11.6. The highest BCUT2D eigenvalue weighted by atomic mass is 35.5. The van der Waals surface area contributed by atoms with Crippen LogP contribution in [0.1, 0.15) is 29.9 Å². The SMILES string of the molecule is CC(=O)Nc1cc(CO[C@@H]2O[C@H](CSCc3ccc(Cl)cc3Cl)[C@@H](O[C@H]3O[C@@H]4COC(c5ccccc5)O[C@H]4[C@H](O)[C@H]3O)[C@H](O)[C@H]2O)ccc1Cl. The molecule has 16 heteroatoms. The van der Waals surface area contributed by atoms with Crippen LogP contribution in [0.2, 0.25) is 15.1 Å². The number of halogens is 3. The van der Waals surface area contributed by atoms with Crippen LogP contribution in [0.3, 0.4) is 0 Å². The van der Waals surface area contributed by atoms with Gasteiger partial charge in [0, 0.05) is 34.0 Å². The van der Waals surface area contributed by atoms with Gasteiger partial charge < -0.3 is 54.2 Å². The minimum atomic E-state index is -1.59. The van der Waals surface area contributed by atoms with Gasteiger partial charge in [0.1, 0.15) is 42.7 Å². The number of anilines is 1. The highest BCUT2D eigenvalue weighted by Crippen LogP contribution is 2.37. The van der Waals surface area contributed by atoms with Crippen molar-refractivity contribution in [2.45, 2.75) is 87.0 Å². The van der Waals surface area contributed by atoms with Gasteiger partial charge in [-0.2, -0.15) is 11.8 Å².